The van der Waals surface area contributed by atoms with Crippen molar-refractivity contribution in [3.63, 3.8) is 0 Å². The van der Waals surface area contributed by atoms with E-state index in [4.69, 9.17) is 9.15 Å². The van der Waals surface area contributed by atoms with E-state index in [0.717, 1.165) is 17.0 Å². The van der Waals surface area contributed by atoms with Gasteiger partial charge in [0.2, 0.25) is 5.78 Å². The lowest BCUT2D eigenvalue weighted by atomic mass is 10.2. The molecule has 0 aliphatic carbocycles. The van der Waals surface area contributed by atoms with Gasteiger partial charge in [-0.15, -0.1) is 22.7 Å². The Balaban J connectivity index is 1.52. The molecule has 1 N–H and O–H groups in total. The molecule has 0 amide bonds. The number of aromatic nitrogens is 2. The van der Waals surface area contributed by atoms with Gasteiger partial charge in [0.15, 0.2) is 5.76 Å². The van der Waals surface area contributed by atoms with Gasteiger partial charge in [-0.3, -0.25) is 9.59 Å². The molecule has 140 valence electrons. The zero-order valence-electron chi connectivity index (χ0n) is 14.5. The van der Waals surface area contributed by atoms with Crippen molar-refractivity contribution in [1.82, 2.24) is 9.97 Å². The smallest absolute Gasteiger partial charge is 0.266 e. The Morgan fingerprint density at radius 1 is 1.25 bits per heavy atom. The molecular formula is C20H14N2O4S2. The highest BCUT2D eigenvalue weighted by molar-refractivity contribution is 7.07. The summed E-state index contributed by atoms with van der Waals surface area (Å²) in [6.07, 6.45) is 4.56. The standard InChI is InChI=1S/C20H14N2O4S2/c23-16(17-2-1-7-25-17)9-19-22-20(24)18(28-19)8-13-3-5-15(6-4-13)26-10-14-11-27-12-21-14/h1-9,11-12H,10H2,(H,22,24)/b18-8+,19-9+. The monoisotopic (exact) mass is 410 g/mol. The number of hydrogen-bond donors (Lipinski definition) is 1. The molecule has 4 aromatic rings. The molecule has 0 fully saturated rings. The fourth-order valence-corrected chi connectivity index (χ4v) is 3.84. The Labute approximate surface area is 167 Å². The first-order chi connectivity index (χ1) is 13.7. The van der Waals surface area contributed by atoms with Gasteiger partial charge in [-0.25, -0.2) is 4.98 Å². The number of Topliss-reactive ketones (excluding diaryl/α,β-unsaturated/α-hetero) is 1. The summed E-state index contributed by atoms with van der Waals surface area (Å²) in [5.74, 6) is 0.659. The van der Waals surface area contributed by atoms with Gasteiger partial charge in [0.1, 0.15) is 12.4 Å². The van der Waals surface area contributed by atoms with Gasteiger partial charge < -0.3 is 14.1 Å². The van der Waals surface area contributed by atoms with Gasteiger partial charge in [0.05, 0.1) is 26.7 Å². The van der Waals surface area contributed by atoms with Crippen LogP contribution in [0.4, 0.5) is 0 Å². The minimum absolute atomic E-state index is 0.230. The van der Waals surface area contributed by atoms with Crippen LogP contribution in [0.25, 0.3) is 12.2 Å². The molecule has 3 aromatic heterocycles. The van der Waals surface area contributed by atoms with E-state index in [0.29, 0.717) is 15.8 Å². The van der Waals surface area contributed by atoms with Crippen molar-refractivity contribution in [3.8, 4) is 5.75 Å². The molecule has 1 aromatic carbocycles. The summed E-state index contributed by atoms with van der Waals surface area (Å²) < 4.78 is 11.7. The zero-order chi connectivity index (χ0) is 19.3. The first-order valence-corrected chi connectivity index (χ1v) is 10.0. The summed E-state index contributed by atoms with van der Waals surface area (Å²) in [5.41, 5.74) is 3.27. The van der Waals surface area contributed by atoms with E-state index < -0.39 is 0 Å². The lowest BCUT2D eigenvalue weighted by Gasteiger charge is -2.04. The molecule has 0 saturated heterocycles. The van der Waals surface area contributed by atoms with Crippen molar-refractivity contribution in [3.05, 3.63) is 90.1 Å². The number of furan rings is 1. The Kier molecular flexibility index (Phi) is 5.31. The fourth-order valence-electron chi connectivity index (χ4n) is 2.41. The van der Waals surface area contributed by atoms with Crippen molar-refractivity contribution in [2.75, 3.05) is 0 Å². The third kappa shape index (κ3) is 4.36. The van der Waals surface area contributed by atoms with E-state index in [9.17, 15) is 9.59 Å². The Hall–Kier alpha value is -3.23. The molecule has 0 aliphatic rings. The van der Waals surface area contributed by atoms with Crippen LogP contribution in [0.1, 0.15) is 21.8 Å². The van der Waals surface area contributed by atoms with Crippen LogP contribution in [-0.4, -0.2) is 15.8 Å². The van der Waals surface area contributed by atoms with Crippen molar-refractivity contribution in [2.45, 2.75) is 6.61 Å². The van der Waals surface area contributed by atoms with Crippen LogP contribution in [0.3, 0.4) is 0 Å². The number of benzene rings is 1. The van der Waals surface area contributed by atoms with Crippen LogP contribution in [0.15, 0.2) is 62.8 Å². The van der Waals surface area contributed by atoms with Crippen molar-refractivity contribution >= 4 is 40.6 Å². The number of carbonyl (C=O) groups excluding carboxylic acids is 1. The molecule has 28 heavy (non-hydrogen) atoms. The summed E-state index contributed by atoms with van der Waals surface area (Å²) in [4.78, 5) is 31.1. The summed E-state index contributed by atoms with van der Waals surface area (Å²) in [6.45, 7) is 0.417. The highest BCUT2D eigenvalue weighted by Crippen LogP contribution is 2.14. The maximum Gasteiger partial charge on any atom is 0.266 e. The van der Waals surface area contributed by atoms with E-state index in [-0.39, 0.29) is 17.1 Å². The third-order valence-corrected chi connectivity index (χ3v) is 5.35. The molecular weight excluding hydrogens is 396 g/mol. The predicted octanol–water partition coefficient (Wildman–Crippen LogP) is 2.56. The van der Waals surface area contributed by atoms with Gasteiger partial charge in [-0.1, -0.05) is 12.1 Å². The number of thiazole rings is 2. The number of ether oxygens (including phenoxy) is 1. The second kappa shape index (κ2) is 8.20. The molecule has 4 rings (SSSR count). The first kappa shape index (κ1) is 18.1. The summed E-state index contributed by atoms with van der Waals surface area (Å²) in [5, 5.41) is 1.94. The number of nitrogens with zero attached hydrogens (tertiary/aromatic N) is 1. The van der Waals surface area contributed by atoms with Crippen molar-refractivity contribution in [1.29, 1.82) is 0 Å². The van der Waals surface area contributed by atoms with E-state index >= 15 is 0 Å². The number of aromatic amines is 1. The Morgan fingerprint density at radius 2 is 2.11 bits per heavy atom. The largest absolute Gasteiger partial charge is 0.487 e. The van der Waals surface area contributed by atoms with Gasteiger partial charge in [0.25, 0.3) is 5.56 Å². The molecule has 0 aliphatic heterocycles. The van der Waals surface area contributed by atoms with Crippen molar-refractivity contribution < 1.29 is 13.9 Å². The lowest BCUT2D eigenvalue weighted by Crippen LogP contribution is -2.19. The molecule has 3 heterocycles. The number of carbonyl (C=O) groups is 1. The van der Waals surface area contributed by atoms with E-state index in [1.165, 1.54) is 35.0 Å². The SMILES string of the molecule is O=C(/C=c1\[nH]c(=O)/c(=C\c2ccc(OCc3cscn3)cc2)s1)c1ccco1. The number of H-pyrrole nitrogens is 1. The van der Waals surface area contributed by atoms with Gasteiger partial charge in [-0.05, 0) is 35.9 Å². The lowest BCUT2D eigenvalue weighted by molar-refractivity contribution is 0.103. The Morgan fingerprint density at radius 3 is 2.82 bits per heavy atom. The number of ketones is 1. The first-order valence-electron chi connectivity index (χ1n) is 8.28. The van der Waals surface area contributed by atoms with Gasteiger partial charge in [0, 0.05) is 11.5 Å². The second-order valence-corrected chi connectivity index (χ2v) is 7.55. The topological polar surface area (TPSA) is 85.2 Å². The van der Waals surface area contributed by atoms with Crippen LogP contribution in [0.5, 0.6) is 5.75 Å². The molecule has 0 unspecified atom stereocenters. The number of rotatable bonds is 6. The quantitative estimate of drug-likeness (QED) is 0.494. The minimum atomic E-state index is -0.296. The average molecular weight is 410 g/mol. The fraction of sp³-hybridized carbons (Fsp3) is 0.0500. The average Bonchev–Trinajstić information content (AvgIpc) is 3.44. The molecule has 0 spiro atoms. The molecule has 0 radical (unpaired) electrons. The highest BCUT2D eigenvalue weighted by atomic mass is 32.1. The molecule has 0 saturated carbocycles. The van der Waals surface area contributed by atoms with Crippen LogP contribution in [0.2, 0.25) is 0 Å². The normalized spacial score (nSPS) is 12.4. The summed E-state index contributed by atoms with van der Waals surface area (Å²) >= 11 is 2.74. The van der Waals surface area contributed by atoms with E-state index in [1.807, 2.05) is 29.6 Å². The van der Waals surface area contributed by atoms with E-state index in [1.54, 1.807) is 23.7 Å². The number of hydrogen-bond acceptors (Lipinski definition) is 7. The van der Waals surface area contributed by atoms with Gasteiger partial charge >= 0.3 is 0 Å². The Bertz CT molecular complexity index is 1240. The van der Waals surface area contributed by atoms with Crippen molar-refractivity contribution in [2.24, 2.45) is 0 Å². The summed E-state index contributed by atoms with van der Waals surface area (Å²) in [6, 6.07) is 10.6. The van der Waals surface area contributed by atoms with Crippen LogP contribution >= 0.6 is 22.7 Å². The maximum atomic E-state index is 12.2. The van der Waals surface area contributed by atoms with Crippen LogP contribution < -0.4 is 19.5 Å². The molecule has 0 bridgehead atoms. The second-order valence-electron chi connectivity index (χ2n) is 5.75. The molecule has 8 heteroatoms. The van der Waals surface area contributed by atoms with E-state index in [2.05, 4.69) is 9.97 Å². The number of nitrogens with one attached hydrogen (secondary N) is 1. The predicted molar refractivity (Wildman–Crippen MR) is 108 cm³/mol. The zero-order valence-corrected chi connectivity index (χ0v) is 16.1. The summed E-state index contributed by atoms with van der Waals surface area (Å²) in [7, 11) is 0. The maximum absolute atomic E-state index is 12.2. The highest BCUT2D eigenvalue weighted by Gasteiger charge is 2.05. The third-order valence-electron chi connectivity index (χ3n) is 3.75. The van der Waals surface area contributed by atoms with Crippen LogP contribution in [-0.2, 0) is 6.61 Å². The minimum Gasteiger partial charge on any atom is -0.487 e. The molecule has 0 atom stereocenters. The molecule has 6 nitrogen and oxygen atoms in total. The van der Waals surface area contributed by atoms with Gasteiger partial charge in [-0.2, -0.15) is 0 Å². The van der Waals surface area contributed by atoms with Crippen LogP contribution in [0, 0.1) is 0 Å².